The highest BCUT2D eigenvalue weighted by Gasteiger charge is 2.22. The number of aromatic hydroxyl groups is 1. The molecule has 0 aromatic heterocycles. The second-order valence-electron chi connectivity index (χ2n) is 7.25. The molecular formula is C20H34N3O2+. The van der Waals surface area contributed by atoms with E-state index in [-0.39, 0.29) is 11.9 Å². The molecule has 2 rings (SSSR count). The maximum atomic E-state index is 12.2. The highest BCUT2D eigenvalue weighted by molar-refractivity contribution is 5.77. The number of unbranched alkanes of at least 4 members (excludes halogenated alkanes) is 3. The van der Waals surface area contributed by atoms with Crippen LogP contribution in [0.15, 0.2) is 24.3 Å². The van der Waals surface area contributed by atoms with Crippen molar-refractivity contribution in [1.82, 2.24) is 5.32 Å². The Kier molecular flexibility index (Phi) is 8.06. The van der Waals surface area contributed by atoms with Gasteiger partial charge in [0.1, 0.15) is 5.75 Å². The quantitative estimate of drug-likeness (QED) is 0.594. The molecular weight excluding hydrogens is 314 g/mol. The van der Waals surface area contributed by atoms with Crippen LogP contribution in [0.25, 0.3) is 0 Å². The number of benzene rings is 1. The van der Waals surface area contributed by atoms with Crippen LogP contribution in [0, 0.1) is 0 Å². The first-order valence-electron chi connectivity index (χ1n) is 9.75. The molecule has 5 nitrogen and oxygen atoms in total. The summed E-state index contributed by atoms with van der Waals surface area (Å²) in [4.78, 5) is 15.9. The Morgan fingerprint density at radius 1 is 1.20 bits per heavy atom. The molecule has 0 unspecified atom stereocenters. The summed E-state index contributed by atoms with van der Waals surface area (Å²) >= 11 is 0. The number of quaternary nitrogens is 1. The standard InChI is InChI=1S/C20H33N3O2/c1-3-4-5-6-7-17(2)21-20(25)16-22-12-14-23(15-13-22)18-8-10-19(24)11-9-18/h8-11,17,24H,3-7,12-16H2,1-2H3,(H,21,25)/p+1/t17-/m1/s1. The molecule has 1 saturated heterocycles. The van der Waals surface area contributed by atoms with Gasteiger partial charge in [0, 0.05) is 11.7 Å². The largest absolute Gasteiger partial charge is 0.508 e. The molecule has 0 bridgehead atoms. The number of phenolic OH excluding ortho intramolecular Hbond substituents is 1. The van der Waals surface area contributed by atoms with Gasteiger partial charge < -0.3 is 20.2 Å². The molecule has 140 valence electrons. The summed E-state index contributed by atoms with van der Waals surface area (Å²) in [6, 6.07) is 7.64. The van der Waals surface area contributed by atoms with Crippen LogP contribution in [-0.4, -0.2) is 49.8 Å². The molecule has 0 radical (unpaired) electrons. The van der Waals surface area contributed by atoms with Gasteiger partial charge in [0.05, 0.1) is 26.2 Å². The molecule has 1 fully saturated rings. The van der Waals surface area contributed by atoms with Crippen molar-refractivity contribution in [3.05, 3.63) is 24.3 Å². The highest BCUT2D eigenvalue weighted by Crippen LogP contribution is 2.18. The second-order valence-corrected chi connectivity index (χ2v) is 7.25. The third-order valence-electron chi connectivity index (χ3n) is 4.99. The predicted molar refractivity (Wildman–Crippen MR) is 102 cm³/mol. The number of carbonyl (C=O) groups is 1. The van der Waals surface area contributed by atoms with Gasteiger partial charge in [-0.1, -0.05) is 32.6 Å². The topological polar surface area (TPSA) is 57.0 Å². The summed E-state index contributed by atoms with van der Waals surface area (Å²) in [6.45, 7) is 8.73. The molecule has 1 aromatic rings. The van der Waals surface area contributed by atoms with Gasteiger partial charge in [0.15, 0.2) is 6.54 Å². The zero-order valence-corrected chi connectivity index (χ0v) is 15.8. The number of nitrogens with one attached hydrogen (secondary N) is 2. The van der Waals surface area contributed by atoms with Crippen LogP contribution < -0.4 is 15.1 Å². The fourth-order valence-electron chi connectivity index (χ4n) is 3.42. The van der Waals surface area contributed by atoms with Crippen molar-refractivity contribution in [2.45, 2.75) is 52.0 Å². The average Bonchev–Trinajstić information content (AvgIpc) is 2.60. The third kappa shape index (κ3) is 6.94. The molecule has 0 saturated carbocycles. The molecule has 1 atom stereocenters. The van der Waals surface area contributed by atoms with Gasteiger partial charge in [-0.25, -0.2) is 0 Å². The molecule has 1 heterocycles. The van der Waals surface area contributed by atoms with Crippen molar-refractivity contribution in [2.75, 3.05) is 37.6 Å². The molecule has 1 aliphatic heterocycles. The number of hydrogen-bond donors (Lipinski definition) is 3. The third-order valence-corrected chi connectivity index (χ3v) is 4.99. The number of amides is 1. The van der Waals surface area contributed by atoms with Crippen molar-refractivity contribution < 1.29 is 14.8 Å². The van der Waals surface area contributed by atoms with Gasteiger partial charge in [0.25, 0.3) is 5.91 Å². The van der Waals surface area contributed by atoms with Crippen LogP contribution in [0.1, 0.15) is 46.0 Å². The Balaban J connectivity index is 1.65. The van der Waals surface area contributed by atoms with Crippen LogP contribution in [0.4, 0.5) is 5.69 Å². The maximum absolute atomic E-state index is 12.2. The number of hydrogen-bond acceptors (Lipinski definition) is 3. The van der Waals surface area contributed by atoms with Crippen molar-refractivity contribution in [3.63, 3.8) is 0 Å². The summed E-state index contributed by atoms with van der Waals surface area (Å²) in [6.07, 6.45) is 6.08. The maximum Gasteiger partial charge on any atom is 0.275 e. The van der Waals surface area contributed by atoms with Crippen LogP contribution in [-0.2, 0) is 4.79 Å². The molecule has 0 aliphatic carbocycles. The average molecular weight is 349 g/mol. The van der Waals surface area contributed by atoms with Gasteiger partial charge in [-0.2, -0.15) is 0 Å². The Labute approximate surface area is 152 Å². The van der Waals surface area contributed by atoms with E-state index in [2.05, 4.69) is 24.1 Å². The lowest BCUT2D eigenvalue weighted by molar-refractivity contribution is -0.892. The van der Waals surface area contributed by atoms with Crippen molar-refractivity contribution in [2.24, 2.45) is 0 Å². The zero-order valence-electron chi connectivity index (χ0n) is 15.8. The van der Waals surface area contributed by atoms with Crippen LogP contribution >= 0.6 is 0 Å². The van der Waals surface area contributed by atoms with Gasteiger partial charge >= 0.3 is 0 Å². The number of phenols is 1. The molecule has 5 heteroatoms. The summed E-state index contributed by atoms with van der Waals surface area (Å²) in [5.41, 5.74) is 1.14. The molecule has 3 N–H and O–H groups in total. The first kappa shape index (κ1) is 19.6. The lowest BCUT2D eigenvalue weighted by Crippen LogP contribution is -3.16. The van der Waals surface area contributed by atoms with E-state index in [1.54, 1.807) is 12.1 Å². The summed E-state index contributed by atoms with van der Waals surface area (Å²) in [7, 11) is 0. The lowest BCUT2D eigenvalue weighted by atomic mass is 10.1. The number of piperazine rings is 1. The Hall–Kier alpha value is -1.75. The van der Waals surface area contributed by atoms with Crippen molar-refractivity contribution >= 4 is 11.6 Å². The van der Waals surface area contributed by atoms with Crippen LogP contribution in [0.2, 0.25) is 0 Å². The number of nitrogens with zero attached hydrogens (tertiary/aromatic N) is 1. The van der Waals surface area contributed by atoms with Crippen molar-refractivity contribution in [3.8, 4) is 5.75 Å². The highest BCUT2D eigenvalue weighted by atomic mass is 16.3. The van der Waals surface area contributed by atoms with Crippen LogP contribution in [0.5, 0.6) is 5.75 Å². The van der Waals surface area contributed by atoms with Gasteiger partial charge in [-0.05, 0) is 37.6 Å². The molecule has 1 aromatic carbocycles. The first-order chi connectivity index (χ1) is 12.1. The minimum atomic E-state index is 0.177. The molecule has 25 heavy (non-hydrogen) atoms. The van der Waals surface area contributed by atoms with E-state index >= 15 is 0 Å². The van der Waals surface area contributed by atoms with Crippen LogP contribution in [0.3, 0.4) is 0 Å². The minimum Gasteiger partial charge on any atom is -0.508 e. The second kappa shape index (κ2) is 10.3. The van der Waals surface area contributed by atoms with Gasteiger partial charge in [-0.3, -0.25) is 4.79 Å². The lowest BCUT2D eigenvalue weighted by Gasteiger charge is -2.33. The van der Waals surface area contributed by atoms with Gasteiger partial charge in [0.2, 0.25) is 0 Å². The SMILES string of the molecule is CCCCCC[C@@H](C)NC(=O)C[NH+]1CCN(c2ccc(O)cc2)CC1. The number of anilines is 1. The van der Waals surface area contributed by atoms with E-state index < -0.39 is 0 Å². The fourth-order valence-corrected chi connectivity index (χ4v) is 3.42. The summed E-state index contributed by atoms with van der Waals surface area (Å²) in [5.74, 6) is 0.476. The predicted octanol–water partition coefficient (Wildman–Crippen LogP) is 1.57. The van der Waals surface area contributed by atoms with Crippen molar-refractivity contribution in [1.29, 1.82) is 0 Å². The van der Waals surface area contributed by atoms with Gasteiger partial charge in [-0.15, -0.1) is 0 Å². The van der Waals surface area contributed by atoms with E-state index in [1.807, 2.05) is 12.1 Å². The molecule has 0 spiro atoms. The fraction of sp³-hybridized carbons (Fsp3) is 0.650. The summed E-state index contributed by atoms with van der Waals surface area (Å²) in [5, 5.41) is 12.5. The van der Waals surface area contributed by atoms with E-state index in [4.69, 9.17) is 0 Å². The zero-order chi connectivity index (χ0) is 18.1. The Morgan fingerprint density at radius 3 is 2.52 bits per heavy atom. The first-order valence-corrected chi connectivity index (χ1v) is 9.75. The number of carbonyl (C=O) groups excluding carboxylic acids is 1. The normalized spacial score (nSPS) is 16.6. The van der Waals surface area contributed by atoms with E-state index in [9.17, 15) is 9.90 Å². The molecule has 1 amide bonds. The summed E-state index contributed by atoms with van der Waals surface area (Å²) < 4.78 is 0. The number of rotatable bonds is 9. The van der Waals surface area contributed by atoms with E-state index in [0.29, 0.717) is 12.3 Å². The van der Waals surface area contributed by atoms with E-state index in [1.165, 1.54) is 30.6 Å². The molecule has 1 aliphatic rings. The Morgan fingerprint density at radius 2 is 1.88 bits per heavy atom. The monoisotopic (exact) mass is 348 g/mol. The van der Waals surface area contributed by atoms with E-state index in [0.717, 1.165) is 38.3 Å². The minimum absolute atomic E-state index is 0.177. The Bertz CT molecular complexity index is 510. The smallest absolute Gasteiger partial charge is 0.275 e.